The molecular formula is C18H19N3O2S. The van der Waals surface area contributed by atoms with Crippen molar-refractivity contribution in [2.75, 3.05) is 13.1 Å². The van der Waals surface area contributed by atoms with Crippen LogP contribution >= 0.6 is 11.3 Å². The van der Waals surface area contributed by atoms with Gasteiger partial charge < -0.3 is 10.2 Å². The SMILES string of the molecule is O=C(Cc1csc(-c2ccccc2)n1)N1CCCC12CCNC2=O. The smallest absolute Gasteiger partial charge is 0.246 e. The average molecular weight is 341 g/mol. The summed E-state index contributed by atoms with van der Waals surface area (Å²) in [5, 5.41) is 5.75. The molecule has 1 aromatic carbocycles. The molecule has 6 heteroatoms. The number of carbonyl (C=O) groups excluding carboxylic acids is 2. The van der Waals surface area contributed by atoms with Gasteiger partial charge in [0, 0.05) is 24.0 Å². The maximum absolute atomic E-state index is 12.8. The Kier molecular flexibility index (Phi) is 3.84. The first-order chi connectivity index (χ1) is 11.7. The van der Waals surface area contributed by atoms with E-state index in [1.807, 2.05) is 35.7 Å². The lowest BCUT2D eigenvalue weighted by Gasteiger charge is -2.32. The molecule has 0 aliphatic carbocycles. The van der Waals surface area contributed by atoms with Gasteiger partial charge in [-0.25, -0.2) is 4.98 Å². The highest BCUT2D eigenvalue weighted by atomic mass is 32.1. The number of aromatic nitrogens is 1. The maximum Gasteiger partial charge on any atom is 0.246 e. The van der Waals surface area contributed by atoms with Crippen LogP contribution in [0, 0.1) is 0 Å². The number of rotatable bonds is 3. The first-order valence-electron chi connectivity index (χ1n) is 8.28. The van der Waals surface area contributed by atoms with Gasteiger partial charge in [-0.15, -0.1) is 11.3 Å². The second-order valence-electron chi connectivity index (χ2n) is 6.37. The molecule has 0 radical (unpaired) electrons. The number of nitrogens with one attached hydrogen (secondary N) is 1. The van der Waals surface area contributed by atoms with E-state index >= 15 is 0 Å². The average Bonchev–Trinajstić information content (AvgIpc) is 3.31. The van der Waals surface area contributed by atoms with Gasteiger partial charge in [0.1, 0.15) is 10.5 Å². The number of nitrogens with zero attached hydrogens (tertiary/aromatic N) is 2. The predicted octanol–water partition coefficient (Wildman–Crippen LogP) is 2.23. The van der Waals surface area contributed by atoms with Crippen LogP contribution in [-0.4, -0.2) is 40.3 Å². The molecule has 4 rings (SSSR count). The third kappa shape index (κ3) is 2.51. The van der Waals surface area contributed by atoms with Gasteiger partial charge in [0.25, 0.3) is 0 Å². The van der Waals surface area contributed by atoms with Crippen molar-refractivity contribution in [3.05, 3.63) is 41.4 Å². The summed E-state index contributed by atoms with van der Waals surface area (Å²) < 4.78 is 0. The molecule has 2 saturated heterocycles. The fraction of sp³-hybridized carbons (Fsp3) is 0.389. The molecule has 2 aliphatic rings. The summed E-state index contributed by atoms with van der Waals surface area (Å²) in [6.45, 7) is 1.33. The molecule has 2 fully saturated rings. The van der Waals surface area contributed by atoms with E-state index in [1.165, 1.54) is 0 Å². The van der Waals surface area contributed by atoms with E-state index in [-0.39, 0.29) is 18.2 Å². The molecular weight excluding hydrogens is 322 g/mol. The minimum Gasteiger partial charge on any atom is -0.354 e. The van der Waals surface area contributed by atoms with Crippen molar-refractivity contribution in [3.63, 3.8) is 0 Å². The second-order valence-corrected chi connectivity index (χ2v) is 7.23. The van der Waals surface area contributed by atoms with Gasteiger partial charge >= 0.3 is 0 Å². The van der Waals surface area contributed by atoms with Crippen LogP contribution in [0.2, 0.25) is 0 Å². The minimum absolute atomic E-state index is 0.00876. The lowest BCUT2D eigenvalue weighted by molar-refractivity contribution is -0.142. The summed E-state index contributed by atoms with van der Waals surface area (Å²) in [5.74, 6) is 0.0195. The molecule has 1 spiro atoms. The van der Waals surface area contributed by atoms with Gasteiger partial charge in [-0.05, 0) is 19.3 Å². The second kappa shape index (κ2) is 6.02. The Morgan fingerprint density at radius 3 is 2.88 bits per heavy atom. The van der Waals surface area contributed by atoms with E-state index in [9.17, 15) is 9.59 Å². The van der Waals surface area contributed by atoms with E-state index in [2.05, 4.69) is 10.3 Å². The Bertz CT molecular complexity index is 770. The molecule has 1 aromatic heterocycles. The molecule has 2 aliphatic heterocycles. The third-order valence-electron chi connectivity index (χ3n) is 4.94. The van der Waals surface area contributed by atoms with Crippen molar-refractivity contribution >= 4 is 23.2 Å². The Hall–Kier alpha value is -2.21. The van der Waals surface area contributed by atoms with Crippen LogP contribution in [0.15, 0.2) is 35.7 Å². The topological polar surface area (TPSA) is 62.3 Å². The fourth-order valence-electron chi connectivity index (χ4n) is 3.75. The van der Waals surface area contributed by atoms with E-state index in [0.29, 0.717) is 13.1 Å². The number of amides is 2. The normalized spacial score (nSPS) is 23.0. The highest BCUT2D eigenvalue weighted by Gasteiger charge is 2.51. The molecule has 3 heterocycles. The van der Waals surface area contributed by atoms with Crippen molar-refractivity contribution in [3.8, 4) is 10.6 Å². The zero-order valence-corrected chi connectivity index (χ0v) is 14.1. The largest absolute Gasteiger partial charge is 0.354 e. The lowest BCUT2D eigenvalue weighted by atomic mass is 9.94. The van der Waals surface area contributed by atoms with Crippen molar-refractivity contribution in [1.29, 1.82) is 0 Å². The van der Waals surface area contributed by atoms with Gasteiger partial charge in [0.15, 0.2) is 0 Å². The summed E-state index contributed by atoms with van der Waals surface area (Å²) in [4.78, 5) is 31.4. The Morgan fingerprint density at radius 2 is 2.12 bits per heavy atom. The molecule has 24 heavy (non-hydrogen) atoms. The number of likely N-dealkylation sites (tertiary alicyclic amines) is 1. The number of benzene rings is 1. The number of hydrogen-bond donors (Lipinski definition) is 1. The van der Waals surface area contributed by atoms with Crippen LogP contribution in [0.25, 0.3) is 10.6 Å². The zero-order chi connectivity index (χ0) is 16.6. The quantitative estimate of drug-likeness (QED) is 0.931. The highest BCUT2D eigenvalue weighted by Crippen LogP contribution is 2.36. The summed E-state index contributed by atoms with van der Waals surface area (Å²) >= 11 is 1.55. The third-order valence-corrected chi connectivity index (χ3v) is 5.88. The zero-order valence-electron chi connectivity index (χ0n) is 13.3. The Morgan fingerprint density at radius 1 is 1.29 bits per heavy atom. The lowest BCUT2D eigenvalue weighted by Crippen LogP contribution is -2.52. The first kappa shape index (κ1) is 15.3. The van der Waals surface area contributed by atoms with Gasteiger partial charge in [0.05, 0.1) is 12.1 Å². The summed E-state index contributed by atoms with van der Waals surface area (Å²) in [7, 11) is 0. The van der Waals surface area contributed by atoms with Gasteiger partial charge in [-0.2, -0.15) is 0 Å². The molecule has 1 N–H and O–H groups in total. The summed E-state index contributed by atoms with van der Waals surface area (Å²) in [6, 6.07) is 9.97. The summed E-state index contributed by atoms with van der Waals surface area (Å²) in [6.07, 6.45) is 2.66. The number of thiazole rings is 1. The van der Waals surface area contributed by atoms with Crippen molar-refractivity contribution in [2.24, 2.45) is 0 Å². The maximum atomic E-state index is 12.8. The highest BCUT2D eigenvalue weighted by molar-refractivity contribution is 7.13. The van der Waals surface area contributed by atoms with Gasteiger partial charge in [-0.3, -0.25) is 9.59 Å². The summed E-state index contributed by atoms with van der Waals surface area (Å²) in [5.41, 5.74) is 1.24. The monoisotopic (exact) mass is 341 g/mol. The van der Waals surface area contributed by atoms with Gasteiger partial charge in [-0.1, -0.05) is 30.3 Å². The van der Waals surface area contributed by atoms with Crippen molar-refractivity contribution < 1.29 is 9.59 Å². The molecule has 5 nitrogen and oxygen atoms in total. The fourth-order valence-corrected chi connectivity index (χ4v) is 4.58. The van der Waals surface area contributed by atoms with Crippen LogP contribution in [0.5, 0.6) is 0 Å². The van der Waals surface area contributed by atoms with Crippen molar-refractivity contribution in [1.82, 2.24) is 15.2 Å². The van der Waals surface area contributed by atoms with Crippen LogP contribution in [0.3, 0.4) is 0 Å². The molecule has 0 saturated carbocycles. The van der Waals surface area contributed by atoms with Gasteiger partial charge in [0.2, 0.25) is 11.8 Å². The molecule has 124 valence electrons. The molecule has 2 aromatic rings. The van der Waals surface area contributed by atoms with E-state index in [4.69, 9.17) is 0 Å². The van der Waals surface area contributed by atoms with E-state index < -0.39 is 5.54 Å². The standard InChI is InChI=1S/C18H19N3O2S/c22-15(21-10-4-7-18(21)8-9-19-17(18)23)11-14-12-24-16(20-14)13-5-2-1-3-6-13/h1-3,5-6,12H,4,7-11H2,(H,19,23). The Labute approximate surface area is 144 Å². The van der Waals surface area contributed by atoms with E-state index in [1.54, 1.807) is 16.2 Å². The molecule has 2 amide bonds. The van der Waals surface area contributed by atoms with Crippen LogP contribution in [0.4, 0.5) is 0 Å². The van der Waals surface area contributed by atoms with Crippen LogP contribution in [-0.2, 0) is 16.0 Å². The Balaban J connectivity index is 1.51. The first-order valence-corrected chi connectivity index (χ1v) is 9.16. The minimum atomic E-state index is -0.602. The molecule has 0 bridgehead atoms. The van der Waals surface area contributed by atoms with E-state index in [0.717, 1.165) is 35.5 Å². The molecule has 1 atom stereocenters. The predicted molar refractivity (Wildman–Crippen MR) is 92.6 cm³/mol. The number of carbonyl (C=O) groups is 2. The molecule has 1 unspecified atom stereocenters. The van der Waals surface area contributed by atoms with Crippen molar-refractivity contribution in [2.45, 2.75) is 31.2 Å². The van der Waals surface area contributed by atoms with Crippen LogP contribution < -0.4 is 5.32 Å². The van der Waals surface area contributed by atoms with Crippen LogP contribution in [0.1, 0.15) is 25.0 Å². The number of hydrogen-bond acceptors (Lipinski definition) is 4.